The Balaban J connectivity index is 1.60. The van der Waals surface area contributed by atoms with E-state index in [4.69, 9.17) is 9.63 Å². The lowest BCUT2D eigenvalue weighted by atomic mass is 10.1. The van der Waals surface area contributed by atoms with Gasteiger partial charge in [0.1, 0.15) is 0 Å². The SMILES string of the molecule is CC(C)c1cc(CNC2Cc3ccc(C(=O)O)cc3C2)on1. The Morgan fingerprint density at radius 3 is 2.82 bits per heavy atom. The Kier molecular flexibility index (Phi) is 3.98. The summed E-state index contributed by atoms with van der Waals surface area (Å²) in [6, 6.07) is 7.68. The fourth-order valence-corrected chi connectivity index (χ4v) is 2.82. The number of hydrogen-bond donors (Lipinski definition) is 2. The molecule has 0 saturated heterocycles. The highest BCUT2D eigenvalue weighted by molar-refractivity contribution is 5.88. The van der Waals surface area contributed by atoms with Crippen molar-refractivity contribution in [1.82, 2.24) is 10.5 Å². The first-order valence-corrected chi connectivity index (χ1v) is 7.57. The molecule has 5 nitrogen and oxygen atoms in total. The van der Waals surface area contributed by atoms with Crippen LogP contribution in [0.25, 0.3) is 0 Å². The van der Waals surface area contributed by atoms with Gasteiger partial charge in [0.05, 0.1) is 17.8 Å². The Hall–Kier alpha value is -2.14. The maximum Gasteiger partial charge on any atom is 0.335 e. The summed E-state index contributed by atoms with van der Waals surface area (Å²) in [5, 5.41) is 16.6. The van der Waals surface area contributed by atoms with Crippen molar-refractivity contribution in [1.29, 1.82) is 0 Å². The molecule has 1 heterocycles. The van der Waals surface area contributed by atoms with Gasteiger partial charge in [-0.1, -0.05) is 25.1 Å². The normalized spacial score (nSPS) is 17.0. The number of hydrogen-bond acceptors (Lipinski definition) is 4. The van der Waals surface area contributed by atoms with Crippen LogP contribution >= 0.6 is 0 Å². The molecule has 1 aliphatic carbocycles. The summed E-state index contributed by atoms with van der Waals surface area (Å²) in [6.45, 7) is 4.82. The number of aromatic nitrogens is 1. The zero-order valence-electron chi connectivity index (χ0n) is 12.8. The van der Waals surface area contributed by atoms with Gasteiger partial charge in [-0.05, 0) is 42.0 Å². The van der Waals surface area contributed by atoms with Crippen molar-refractivity contribution in [3.8, 4) is 0 Å². The first-order chi connectivity index (χ1) is 10.5. The fraction of sp³-hybridized carbons (Fsp3) is 0.412. The van der Waals surface area contributed by atoms with E-state index in [1.165, 1.54) is 5.56 Å². The molecule has 1 unspecified atom stereocenters. The molecule has 0 bridgehead atoms. The highest BCUT2D eigenvalue weighted by Gasteiger charge is 2.22. The number of fused-ring (bicyclic) bond motifs is 1. The first-order valence-electron chi connectivity index (χ1n) is 7.57. The molecular formula is C17H20N2O3. The number of rotatable bonds is 5. The topological polar surface area (TPSA) is 75.4 Å². The van der Waals surface area contributed by atoms with Gasteiger partial charge in [-0.25, -0.2) is 4.79 Å². The van der Waals surface area contributed by atoms with Gasteiger partial charge in [-0.3, -0.25) is 0 Å². The monoisotopic (exact) mass is 300 g/mol. The van der Waals surface area contributed by atoms with E-state index >= 15 is 0 Å². The van der Waals surface area contributed by atoms with Crippen LogP contribution in [0.2, 0.25) is 0 Å². The number of aromatic carboxylic acids is 1. The minimum absolute atomic E-state index is 0.312. The van der Waals surface area contributed by atoms with Gasteiger partial charge in [0.2, 0.25) is 0 Å². The van der Waals surface area contributed by atoms with Crippen LogP contribution in [-0.4, -0.2) is 22.3 Å². The Bertz CT molecular complexity index is 691. The number of carboxylic acid groups (broad SMARTS) is 1. The Morgan fingerprint density at radius 2 is 2.14 bits per heavy atom. The van der Waals surface area contributed by atoms with Crippen LogP contribution < -0.4 is 5.32 Å². The van der Waals surface area contributed by atoms with Gasteiger partial charge in [0.25, 0.3) is 0 Å². The van der Waals surface area contributed by atoms with Crippen LogP contribution in [0.4, 0.5) is 0 Å². The van der Waals surface area contributed by atoms with Gasteiger partial charge in [-0.15, -0.1) is 0 Å². The smallest absolute Gasteiger partial charge is 0.335 e. The number of nitrogens with one attached hydrogen (secondary N) is 1. The lowest BCUT2D eigenvalue weighted by Crippen LogP contribution is -2.28. The second-order valence-corrected chi connectivity index (χ2v) is 6.15. The second-order valence-electron chi connectivity index (χ2n) is 6.15. The molecule has 0 saturated carbocycles. The molecule has 0 aliphatic heterocycles. The summed E-state index contributed by atoms with van der Waals surface area (Å²) in [6.07, 6.45) is 1.77. The van der Waals surface area contributed by atoms with E-state index in [0.717, 1.165) is 29.9 Å². The molecule has 0 fully saturated rings. The Morgan fingerprint density at radius 1 is 1.36 bits per heavy atom. The van der Waals surface area contributed by atoms with Crippen LogP contribution in [0, 0.1) is 0 Å². The number of nitrogens with zero attached hydrogens (tertiary/aromatic N) is 1. The molecule has 1 aromatic heterocycles. The molecule has 0 radical (unpaired) electrons. The molecule has 22 heavy (non-hydrogen) atoms. The van der Waals surface area contributed by atoms with E-state index in [2.05, 4.69) is 24.3 Å². The van der Waals surface area contributed by atoms with Crippen molar-refractivity contribution in [3.63, 3.8) is 0 Å². The zero-order chi connectivity index (χ0) is 15.7. The van der Waals surface area contributed by atoms with E-state index in [1.54, 1.807) is 12.1 Å². The van der Waals surface area contributed by atoms with Gasteiger partial charge in [0, 0.05) is 12.1 Å². The maximum absolute atomic E-state index is 11.0. The third-order valence-corrected chi connectivity index (χ3v) is 4.12. The molecule has 1 aliphatic rings. The van der Waals surface area contributed by atoms with E-state index in [-0.39, 0.29) is 0 Å². The van der Waals surface area contributed by atoms with Crippen molar-refractivity contribution in [2.24, 2.45) is 0 Å². The fourth-order valence-electron chi connectivity index (χ4n) is 2.82. The van der Waals surface area contributed by atoms with E-state index in [9.17, 15) is 4.79 Å². The molecule has 5 heteroatoms. The summed E-state index contributed by atoms with van der Waals surface area (Å²) >= 11 is 0. The van der Waals surface area contributed by atoms with Crippen molar-refractivity contribution in [3.05, 3.63) is 52.4 Å². The Labute approximate surface area is 129 Å². The van der Waals surface area contributed by atoms with Crippen LogP contribution in [0.15, 0.2) is 28.8 Å². The second kappa shape index (κ2) is 5.93. The zero-order valence-corrected chi connectivity index (χ0v) is 12.8. The predicted octanol–water partition coefficient (Wildman–Crippen LogP) is 2.75. The third kappa shape index (κ3) is 3.04. The van der Waals surface area contributed by atoms with E-state index in [0.29, 0.717) is 24.1 Å². The summed E-state index contributed by atoms with van der Waals surface area (Å²) < 4.78 is 5.32. The molecule has 3 rings (SSSR count). The van der Waals surface area contributed by atoms with Crippen LogP contribution in [-0.2, 0) is 19.4 Å². The van der Waals surface area contributed by atoms with Gasteiger partial charge >= 0.3 is 5.97 Å². The summed E-state index contributed by atoms with van der Waals surface area (Å²) in [4.78, 5) is 11.0. The number of benzene rings is 1. The molecule has 1 atom stereocenters. The largest absolute Gasteiger partial charge is 0.478 e. The van der Waals surface area contributed by atoms with E-state index < -0.39 is 5.97 Å². The van der Waals surface area contributed by atoms with Crippen LogP contribution in [0.5, 0.6) is 0 Å². The molecule has 2 aromatic rings. The lowest BCUT2D eigenvalue weighted by molar-refractivity contribution is 0.0697. The predicted molar refractivity (Wildman–Crippen MR) is 82.0 cm³/mol. The molecular weight excluding hydrogens is 280 g/mol. The van der Waals surface area contributed by atoms with Crippen molar-refractivity contribution < 1.29 is 14.4 Å². The van der Waals surface area contributed by atoms with Gasteiger partial charge in [0.15, 0.2) is 5.76 Å². The third-order valence-electron chi connectivity index (χ3n) is 4.12. The minimum atomic E-state index is -0.873. The van der Waals surface area contributed by atoms with E-state index in [1.807, 2.05) is 12.1 Å². The standard InChI is InChI=1S/C17H20N2O3/c1-10(2)16-8-15(22-19-16)9-18-14-6-11-3-4-12(17(20)21)5-13(11)7-14/h3-5,8,10,14,18H,6-7,9H2,1-2H3,(H,20,21). The average molecular weight is 300 g/mol. The molecule has 1 aromatic carbocycles. The summed E-state index contributed by atoms with van der Waals surface area (Å²) in [7, 11) is 0. The maximum atomic E-state index is 11.0. The van der Waals surface area contributed by atoms with Gasteiger partial charge in [-0.2, -0.15) is 0 Å². The van der Waals surface area contributed by atoms with Crippen molar-refractivity contribution in [2.75, 3.05) is 0 Å². The lowest BCUT2D eigenvalue weighted by Gasteiger charge is -2.09. The van der Waals surface area contributed by atoms with Crippen LogP contribution in [0.1, 0.15) is 52.7 Å². The quantitative estimate of drug-likeness (QED) is 0.888. The molecule has 0 spiro atoms. The van der Waals surface area contributed by atoms with Gasteiger partial charge < -0.3 is 14.9 Å². The van der Waals surface area contributed by atoms with Crippen molar-refractivity contribution in [2.45, 2.75) is 45.2 Å². The highest BCUT2D eigenvalue weighted by atomic mass is 16.5. The number of carboxylic acids is 1. The molecule has 0 amide bonds. The number of carbonyl (C=O) groups is 1. The molecule has 2 N–H and O–H groups in total. The summed E-state index contributed by atoms with van der Waals surface area (Å²) in [5.74, 6) is 0.329. The summed E-state index contributed by atoms with van der Waals surface area (Å²) in [5.41, 5.74) is 3.68. The minimum Gasteiger partial charge on any atom is -0.478 e. The molecule has 116 valence electrons. The van der Waals surface area contributed by atoms with Crippen LogP contribution in [0.3, 0.4) is 0 Å². The van der Waals surface area contributed by atoms with Crippen molar-refractivity contribution >= 4 is 5.97 Å². The first kappa shape index (κ1) is 14.8. The highest BCUT2D eigenvalue weighted by Crippen LogP contribution is 2.24. The average Bonchev–Trinajstić information content (AvgIpc) is 3.10.